The summed E-state index contributed by atoms with van der Waals surface area (Å²) < 4.78 is 77.2. The summed E-state index contributed by atoms with van der Waals surface area (Å²) in [5, 5.41) is 30.7. The van der Waals surface area contributed by atoms with Crippen LogP contribution in [0.25, 0.3) is 0 Å². The van der Waals surface area contributed by atoms with Crippen LogP contribution in [0.1, 0.15) is 85.0 Å². The Morgan fingerprint density at radius 1 is 0.951 bits per heavy atom. The van der Waals surface area contributed by atoms with E-state index in [4.69, 9.17) is 8.37 Å². The first-order chi connectivity index (χ1) is 18.5. The topological polar surface area (TPSA) is 194 Å². The van der Waals surface area contributed by atoms with Crippen LogP contribution < -0.4 is 29.6 Å². The Balaban J connectivity index is 0.00000462. The number of aliphatic hydroxyl groups is 3. The number of aliphatic hydroxyl groups excluding tert-OH is 3. The van der Waals surface area contributed by atoms with Crippen molar-refractivity contribution in [3.05, 3.63) is 0 Å². The van der Waals surface area contributed by atoms with E-state index in [1.54, 1.807) is 6.92 Å². The molecule has 0 radical (unpaired) electrons. The molecule has 6 unspecified atom stereocenters. The molecular weight excluding hydrogens is 587 g/mol. The molecule has 14 heteroatoms. The van der Waals surface area contributed by atoms with Crippen LogP contribution in [0.5, 0.6) is 0 Å². The zero-order valence-electron chi connectivity index (χ0n) is 24.7. The van der Waals surface area contributed by atoms with Crippen molar-refractivity contribution in [3.8, 4) is 0 Å². The van der Waals surface area contributed by atoms with Gasteiger partial charge in [-0.3, -0.25) is 8.37 Å². The number of hydrogen-bond donors (Lipinski definition) is 3. The molecule has 12 atom stereocenters. The van der Waals surface area contributed by atoms with E-state index >= 15 is 0 Å². The van der Waals surface area contributed by atoms with Crippen molar-refractivity contribution in [2.45, 2.75) is 103 Å². The van der Waals surface area contributed by atoms with Gasteiger partial charge in [0.25, 0.3) is 0 Å². The van der Waals surface area contributed by atoms with Crippen molar-refractivity contribution in [1.82, 2.24) is 0 Å². The van der Waals surface area contributed by atoms with Gasteiger partial charge in [-0.1, -0.05) is 20.8 Å². The fourth-order valence-electron chi connectivity index (χ4n) is 9.69. The van der Waals surface area contributed by atoms with Gasteiger partial charge in [0, 0.05) is 12.5 Å². The zero-order valence-corrected chi connectivity index (χ0v) is 28.3. The maximum atomic E-state index is 11.3. The summed E-state index contributed by atoms with van der Waals surface area (Å²) >= 11 is 0. The summed E-state index contributed by atoms with van der Waals surface area (Å²) in [5.74, 6) is 0.797. The van der Waals surface area contributed by atoms with Gasteiger partial charge >= 0.3 is 29.6 Å². The van der Waals surface area contributed by atoms with E-state index in [0.717, 1.165) is 38.5 Å². The van der Waals surface area contributed by atoms with Crippen LogP contribution in [0, 0.1) is 52.3 Å². The summed E-state index contributed by atoms with van der Waals surface area (Å²) in [6.07, 6.45) is 4.23. The maximum Gasteiger partial charge on any atom is 1.00 e. The molecule has 0 amide bonds. The van der Waals surface area contributed by atoms with Gasteiger partial charge in [-0.15, -0.1) is 0 Å². The van der Waals surface area contributed by atoms with Gasteiger partial charge in [0.05, 0.1) is 18.8 Å². The third kappa shape index (κ3) is 7.89. The van der Waals surface area contributed by atoms with Gasteiger partial charge in [0.2, 0.25) is 20.8 Å². The van der Waals surface area contributed by atoms with Gasteiger partial charge in [-0.25, -0.2) is 16.8 Å². The third-order valence-corrected chi connectivity index (χ3v) is 12.7. The van der Waals surface area contributed by atoms with E-state index in [0.29, 0.717) is 43.4 Å². The van der Waals surface area contributed by atoms with Crippen LogP contribution in [0.2, 0.25) is 0 Å². The predicted octanol–water partition coefficient (Wildman–Crippen LogP) is -0.672. The monoisotopic (exact) mass is 633 g/mol. The Morgan fingerprint density at radius 2 is 1.61 bits per heavy atom. The van der Waals surface area contributed by atoms with E-state index in [-0.39, 0.29) is 77.3 Å². The SMILES string of the molecule is CC(CO)C(O)CC[C@@H](COS(=O)(=O)[O-])[C@H]1CCC2C3CCC4C[C@H](OS(=O)(=O)[O-])[C@@H](O)C[C@]4(C)C3CC[C@@]21C.[Na+]. The van der Waals surface area contributed by atoms with E-state index in [1.165, 1.54) is 0 Å². The molecule has 0 bridgehead atoms. The molecule has 3 N–H and O–H groups in total. The minimum absolute atomic E-state index is 0. The Kier molecular flexibility index (Phi) is 11.9. The summed E-state index contributed by atoms with van der Waals surface area (Å²) in [6, 6.07) is 0. The molecule has 234 valence electrons. The third-order valence-electron chi connectivity index (χ3n) is 11.7. The van der Waals surface area contributed by atoms with Gasteiger partial charge in [0.1, 0.15) is 6.10 Å². The molecule has 0 heterocycles. The van der Waals surface area contributed by atoms with Gasteiger partial charge in [0.15, 0.2) is 0 Å². The van der Waals surface area contributed by atoms with Crippen LogP contribution >= 0.6 is 0 Å². The molecule has 41 heavy (non-hydrogen) atoms. The van der Waals surface area contributed by atoms with E-state index in [1.807, 2.05) is 0 Å². The standard InChI is InChI=1S/C27H48O11S2.Na/c1-16(14-28)23(29)9-4-17(15-37-39(31,32)33)20-7-8-21-19-6-5-18-12-25(38-40(34,35)36)24(30)13-27(18,3)22(19)10-11-26(20,21)2;/h16-25,28-30H,4-15H2,1-3H3,(H,31,32,33)(H,34,35,36);/q;+1/p-2/t16?,17-,18?,19?,20+,21?,22?,23?,24-,25-,26+,27-;/m0./s1. The minimum Gasteiger partial charge on any atom is -0.726 e. The molecule has 0 aromatic carbocycles. The van der Waals surface area contributed by atoms with E-state index in [2.05, 4.69) is 13.8 Å². The fraction of sp³-hybridized carbons (Fsp3) is 1.00. The fourth-order valence-corrected chi connectivity index (χ4v) is 10.5. The Morgan fingerprint density at radius 3 is 2.22 bits per heavy atom. The van der Waals surface area contributed by atoms with Crippen molar-refractivity contribution < 1.29 is 79.2 Å². The summed E-state index contributed by atoms with van der Waals surface area (Å²) in [7, 11) is -9.77. The first kappa shape index (κ1) is 36.1. The minimum atomic E-state index is -4.91. The van der Waals surface area contributed by atoms with Crippen molar-refractivity contribution in [2.24, 2.45) is 52.3 Å². The smallest absolute Gasteiger partial charge is 0.726 e. The molecule has 0 aromatic heterocycles. The van der Waals surface area contributed by atoms with Crippen LogP contribution in [0.3, 0.4) is 0 Å². The molecule has 4 aliphatic rings. The second-order valence-corrected chi connectivity index (χ2v) is 15.8. The average Bonchev–Trinajstić information content (AvgIpc) is 3.19. The van der Waals surface area contributed by atoms with Gasteiger partial charge < -0.3 is 24.4 Å². The number of hydrogen-bond acceptors (Lipinski definition) is 11. The van der Waals surface area contributed by atoms with E-state index in [9.17, 15) is 41.3 Å². The molecule has 4 saturated carbocycles. The molecule has 4 rings (SSSR count). The molecule has 11 nitrogen and oxygen atoms in total. The first-order valence-corrected chi connectivity index (χ1v) is 17.4. The van der Waals surface area contributed by atoms with Crippen LogP contribution in [-0.4, -0.2) is 72.8 Å². The summed E-state index contributed by atoms with van der Waals surface area (Å²) in [6.45, 7) is 5.83. The van der Waals surface area contributed by atoms with Gasteiger partial charge in [-0.2, -0.15) is 0 Å². The van der Waals surface area contributed by atoms with Crippen molar-refractivity contribution in [2.75, 3.05) is 13.2 Å². The first-order valence-electron chi connectivity index (χ1n) is 14.7. The maximum absolute atomic E-state index is 11.3. The number of rotatable bonds is 11. The van der Waals surface area contributed by atoms with Crippen molar-refractivity contribution in [1.29, 1.82) is 0 Å². The molecule has 0 spiro atoms. The molecule has 0 aromatic rings. The van der Waals surface area contributed by atoms with E-state index < -0.39 is 39.1 Å². The van der Waals surface area contributed by atoms with Crippen molar-refractivity contribution in [3.63, 3.8) is 0 Å². The Bertz CT molecular complexity index is 1100. The molecule has 4 aliphatic carbocycles. The molecule has 4 fully saturated rings. The number of fused-ring (bicyclic) bond motifs is 5. The van der Waals surface area contributed by atoms with Crippen LogP contribution in [-0.2, 0) is 29.2 Å². The molecular formula is C27H46NaO11S2-. The second-order valence-electron chi connectivity index (χ2n) is 13.7. The zero-order chi connectivity index (χ0) is 29.7. The largest absolute Gasteiger partial charge is 1.00 e. The summed E-state index contributed by atoms with van der Waals surface area (Å²) in [5.41, 5.74) is -0.313. The van der Waals surface area contributed by atoms with Crippen molar-refractivity contribution >= 4 is 20.8 Å². The second kappa shape index (κ2) is 13.5. The average molecular weight is 634 g/mol. The normalized spacial score (nSPS) is 41.3. The predicted molar refractivity (Wildman–Crippen MR) is 142 cm³/mol. The Labute approximate surface area is 267 Å². The van der Waals surface area contributed by atoms with Crippen LogP contribution in [0.15, 0.2) is 0 Å². The Hall–Kier alpha value is 0.620. The molecule has 0 saturated heterocycles. The van der Waals surface area contributed by atoms with Gasteiger partial charge in [-0.05, 0) is 111 Å². The quantitative estimate of drug-likeness (QED) is 0.148. The summed E-state index contributed by atoms with van der Waals surface area (Å²) in [4.78, 5) is 0. The van der Waals surface area contributed by atoms with Crippen LogP contribution in [0.4, 0.5) is 0 Å². The molecule has 0 aliphatic heterocycles.